The predicted molar refractivity (Wildman–Crippen MR) is 75.1 cm³/mol. The zero-order chi connectivity index (χ0) is 13.1. The highest BCUT2D eigenvalue weighted by atomic mass is 32.1. The lowest BCUT2D eigenvalue weighted by molar-refractivity contribution is -0.137. The Morgan fingerprint density at radius 1 is 1.44 bits per heavy atom. The van der Waals surface area contributed by atoms with E-state index in [1.807, 2.05) is 19.2 Å². The molecule has 0 amide bonds. The molecule has 0 fully saturated rings. The summed E-state index contributed by atoms with van der Waals surface area (Å²) >= 11 is 1.78. The maximum absolute atomic E-state index is 10.6. The van der Waals surface area contributed by atoms with Gasteiger partial charge in [0, 0.05) is 22.2 Å². The van der Waals surface area contributed by atoms with Gasteiger partial charge >= 0.3 is 5.97 Å². The molecule has 0 saturated carbocycles. The van der Waals surface area contributed by atoms with Gasteiger partial charge in [-0.25, -0.2) is 0 Å². The van der Waals surface area contributed by atoms with Crippen LogP contribution < -0.4 is 0 Å². The van der Waals surface area contributed by atoms with Crippen molar-refractivity contribution in [1.29, 1.82) is 0 Å². The summed E-state index contributed by atoms with van der Waals surface area (Å²) in [5.41, 5.74) is 0. The van der Waals surface area contributed by atoms with Crippen molar-refractivity contribution in [3.05, 3.63) is 35.2 Å². The summed E-state index contributed by atoms with van der Waals surface area (Å²) in [4.78, 5) is 13.9. The number of thiophene rings is 1. The molecule has 0 saturated heterocycles. The van der Waals surface area contributed by atoms with Crippen molar-refractivity contribution in [3.63, 3.8) is 0 Å². The second kappa shape index (κ2) is 5.50. The molecule has 1 unspecified atom stereocenters. The molecule has 2 rings (SSSR count). The first kappa shape index (κ1) is 13.1. The Balaban J connectivity index is 2.12. The van der Waals surface area contributed by atoms with Gasteiger partial charge in [-0.1, -0.05) is 18.2 Å². The monoisotopic (exact) mass is 263 g/mol. The van der Waals surface area contributed by atoms with Gasteiger partial charge in [-0.3, -0.25) is 9.69 Å². The van der Waals surface area contributed by atoms with E-state index < -0.39 is 5.97 Å². The van der Waals surface area contributed by atoms with Crippen LogP contribution in [0.1, 0.15) is 24.3 Å². The number of aliphatic carboxylic acids is 1. The third-order valence-corrected chi connectivity index (χ3v) is 4.48. The van der Waals surface area contributed by atoms with Gasteiger partial charge in [-0.05, 0) is 31.5 Å². The fourth-order valence-corrected chi connectivity index (χ4v) is 3.07. The molecule has 1 N–H and O–H groups in total. The van der Waals surface area contributed by atoms with Crippen LogP contribution in [0.5, 0.6) is 0 Å². The average molecular weight is 263 g/mol. The number of hydrogen-bond acceptors (Lipinski definition) is 3. The number of carboxylic acids is 1. The lowest BCUT2D eigenvalue weighted by Crippen LogP contribution is -2.24. The van der Waals surface area contributed by atoms with Gasteiger partial charge < -0.3 is 5.11 Å². The third kappa shape index (κ3) is 2.89. The molecule has 0 radical (unpaired) electrons. The first-order valence-electron chi connectivity index (χ1n) is 5.98. The number of benzene rings is 1. The SMILES string of the molecule is CC(c1cc2ccccc2s1)N(C)CCC(=O)O. The van der Waals surface area contributed by atoms with E-state index in [4.69, 9.17) is 5.11 Å². The van der Waals surface area contributed by atoms with Gasteiger partial charge in [0.1, 0.15) is 0 Å². The molecule has 3 nitrogen and oxygen atoms in total. The van der Waals surface area contributed by atoms with Crippen LogP contribution in [-0.4, -0.2) is 29.6 Å². The summed E-state index contributed by atoms with van der Waals surface area (Å²) < 4.78 is 1.28. The highest BCUT2D eigenvalue weighted by Crippen LogP contribution is 2.31. The second-order valence-electron chi connectivity index (χ2n) is 4.49. The largest absolute Gasteiger partial charge is 0.481 e. The molecule has 4 heteroatoms. The van der Waals surface area contributed by atoms with Gasteiger partial charge in [0.25, 0.3) is 0 Å². The van der Waals surface area contributed by atoms with Crippen LogP contribution in [0, 0.1) is 0 Å². The fourth-order valence-electron chi connectivity index (χ4n) is 1.89. The van der Waals surface area contributed by atoms with Gasteiger partial charge in [-0.15, -0.1) is 11.3 Å². The predicted octanol–water partition coefficient (Wildman–Crippen LogP) is 3.37. The Labute approximate surface area is 111 Å². The van der Waals surface area contributed by atoms with Crippen molar-refractivity contribution >= 4 is 27.4 Å². The van der Waals surface area contributed by atoms with Gasteiger partial charge in [0.2, 0.25) is 0 Å². The molecular formula is C14H17NO2S. The van der Waals surface area contributed by atoms with Crippen molar-refractivity contribution < 1.29 is 9.90 Å². The summed E-state index contributed by atoms with van der Waals surface area (Å²) in [7, 11) is 1.97. The van der Waals surface area contributed by atoms with E-state index in [0.717, 1.165) is 0 Å². The summed E-state index contributed by atoms with van der Waals surface area (Å²) in [5.74, 6) is -0.745. The highest BCUT2D eigenvalue weighted by molar-refractivity contribution is 7.19. The minimum atomic E-state index is -0.745. The van der Waals surface area contributed by atoms with Gasteiger partial charge in [-0.2, -0.15) is 0 Å². The zero-order valence-electron chi connectivity index (χ0n) is 10.6. The first-order chi connectivity index (χ1) is 8.58. The smallest absolute Gasteiger partial charge is 0.304 e. The van der Waals surface area contributed by atoms with E-state index in [2.05, 4.69) is 30.0 Å². The van der Waals surface area contributed by atoms with E-state index in [1.165, 1.54) is 15.0 Å². The summed E-state index contributed by atoms with van der Waals surface area (Å²) in [6.45, 7) is 2.69. The van der Waals surface area contributed by atoms with E-state index in [0.29, 0.717) is 6.54 Å². The number of nitrogens with zero attached hydrogens (tertiary/aromatic N) is 1. The van der Waals surface area contributed by atoms with Crippen molar-refractivity contribution in [2.75, 3.05) is 13.6 Å². The molecule has 1 atom stereocenters. The fraction of sp³-hybridized carbons (Fsp3) is 0.357. The summed E-state index contributed by atoms with van der Waals surface area (Å²) in [6, 6.07) is 10.8. The van der Waals surface area contributed by atoms with Crippen LogP contribution in [0.4, 0.5) is 0 Å². The number of carbonyl (C=O) groups is 1. The third-order valence-electron chi connectivity index (χ3n) is 3.20. The van der Waals surface area contributed by atoms with E-state index in [9.17, 15) is 4.79 Å². The Bertz CT molecular complexity index is 516. The van der Waals surface area contributed by atoms with Crippen LogP contribution in [0.15, 0.2) is 30.3 Å². The minimum Gasteiger partial charge on any atom is -0.481 e. The van der Waals surface area contributed by atoms with Gasteiger partial charge in [0.05, 0.1) is 6.42 Å². The molecule has 1 aromatic carbocycles. The van der Waals surface area contributed by atoms with Crippen LogP contribution in [0.3, 0.4) is 0 Å². The maximum Gasteiger partial charge on any atom is 0.304 e. The molecule has 0 aliphatic rings. The Hall–Kier alpha value is -1.39. The quantitative estimate of drug-likeness (QED) is 0.899. The molecule has 18 heavy (non-hydrogen) atoms. The molecule has 0 aliphatic heterocycles. The Morgan fingerprint density at radius 2 is 2.17 bits per heavy atom. The van der Waals surface area contributed by atoms with Crippen LogP contribution >= 0.6 is 11.3 Å². The van der Waals surface area contributed by atoms with Crippen molar-refractivity contribution in [2.24, 2.45) is 0 Å². The second-order valence-corrected chi connectivity index (χ2v) is 5.60. The number of hydrogen-bond donors (Lipinski definition) is 1. The average Bonchev–Trinajstić information content (AvgIpc) is 2.78. The van der Waals surface area contributed by atoms with Crippen molar-refractivity contribution in [3.8, 4) is 0 Å². The number of fused-ring (bicyclic) bond motifs is 1. The van der Waals surface area contributed by atoms with E-state index in [1.54, 1.807) is 11.3 Å². The van der Waals surface area contributed by atoms with E-state index in [-0.39, 0.29) is 12.5 Å². The van der Waals surface area contributed by atoms with Gasteiger partial charge in [0.15, 0.2) is 0 Å². The maximum atomic E-state index is 10.6. The molecule has 1 heterocycles. The van der Waals surface area contributed by atoms with Crippen LogP contribution in [0.2, 0.25) is 0 Å². The van der Waals surface area contributed by atoms with Crippen LogP contribution in [-0.2, 0) is 4.79 Å². The Kier molecular flexibility index (Phi) is 3.99. The molecule has 0 bridgehead atoms. The highest BCUT2D eigenvalue weighted by Gasteiger charge is 2.15. The van der Waals surface area contributed by atoms with E-state index >= 15 is 0 Å². The van der Waals surface area contributed by atoms with Crippen molar-refractivity contribution in [1.82, 2.24) is 4.90 Å². The summed E-state index contributed by atoms with van der Waals surface area (Å²) in [6.07, 6.45) is 0.186. The topological polar surface area (TPSA) is 40.5 Å². The number of carboxylic acid groups (broad SMARTS) is 1. The normalized spacial score (nSPS) is 13.1. The molecule has 0 spiro atoms. The summed E-state index contributed by atoms with van der Waals surface area (Å²) in [5, 5.41) is 9.97. The molecular weight excluding hydrogens is 246 g/mol. The van der Waals surface area contributed by atoms with Crippen LogP contribution in [0.25, 0.3) is 10.1 Å². The standard InChI is InChI=1S/C14H17NO2S/c1-10(15(2)8-7-14(16)17)13-9-11-5-3-4-6-12(11)18-13/h3-6,9-10H,7-8H2,1-2H3,(H,16,17). The first-order valence-corrected chi connectivity index (χ1v) is 6.80. The number of rotatable bonds is 5. The lowest BCUT2D eigenvalue weighted by Gasteiger charge is -2.22. The molecule has 0 aliphatic carbocycles. The van der Waals surface area contributed by atoms with Crippen molar-refractivity contribution in [2.45, 2.75) is 19.4 Å². The zero-order valence-corrected chi connectivity index (χ0v) is 11.4. The minimum absolute atomic E-state index is 0.186. The molecule has 1 aromatic heterocycles. The molecule has 2 aromatic rings. The molecule has 96 valence electrons. The lowest BCUT2D eigenvalue weighted by atomic mass is 10.2. The Morgan fingerprint density at radius 3 is 2.83 bits per heavy atom.